The van der Waals surface area contributed by atoms with Gasteiger partial charge in [0.15, 0.2) is 5.84 Å². The monoisotopic (exact) mass is 279 g/mol. The Labute approximate surface area is 118 Å². The van der Waals surface area contributed by atoms with Gasteiger partial charge in [-0.1, -0.05) is 25.1 Å². The van der Waals surface area contributed by atoms with Gasteiger partial charge in [0, 0.05) is 11.8 Å². The van der Waals surface area contributed by atoms with Crippen molar-refractivity contribution in [2.45, 2.75) is 26.7 Å². The van der Waals surface area contributed by atoms with E-state index in [9.17, 15) is 4.79 Å². The summed E-state index contributed by atoms with van der Waals surface area (Å²) in [5, 5.41) is 14.7. The van der Waals surface area contributed by atoms with Crippen LogP contribution < -0.4 is 15.8 Å². The zero-order valence-corrected chi connectivity index (χ0v) is 12.0. The van der Waals surface area contributed by atoms with E-state index in [1.54, 1.807) is 31.4 Å². The fraction of sp³-hybridized carbons (Fsp3) is 0.429. The second-order valence-corrected chi connectivity index (χ2v) is 4.46. The lowest BCUT2D eigenvalue weighted by Crippen LogP contribution is -2.46. The molecule has 4 N–H and O–H groups in total. The number of amidine groups is 1. The Hall–Kier alpha value is -2.24. The Balaban J connectivity index is 3.02. The van der Waals surface area contributed by atoms with E-state index in [-0.39, 0.29) is 11.7 Å². The van der Waals surface area contributed by atoms with Gasteiger partial charge in [-0.05, 0) is 25.0 Å². The van der Waals surface area contributed by atoms with Crippen LogP contribution in [0.3, 0.4) is 0 Å². The number of nitrogens with one attached hydrogen (secondary N) is 1. The zero-order valence-electron chi connectivity index (χ0n) is 12.0. The molecule has 6 nitrogen and oxygen atoms in total. The Morgan fingerprint density at radius 3 is 2.60 bits per heavy atom. The van der Waals surface area contributed by atoms with Gasteiger partial charge in [-0.2, -0.15) is 0 Å². The number of benzene rings is 1. The minimum Gasteiger partial charge on any atom is -0.497 e. The summed E-state index contributed by atoms with van der Waals surface area (Å²) in [6.07, 6.45) is 0.879. The molecule has 1 aromatic carbocycles. The zero-order chi connectivity index (χ0) is 15.2. The van der Waals surface area contributed by atoms with Crippen molar-refractivity contribution in [2.75, 3.05) is 12.4 Å². The second-order valence-electron chi connectivity index (χ2n) is 4.46. The Morgan fingerprint density at radius 2 is 2.10 bits per heavy atom. The average molecular weight is 279 g/mol. The molecule has 20 heavy (non-hydrogen) atoms. The summed E-state index contributed by atoms with van der Waals surface area (Å²) in [5.74, 6) is 0.263. The van der Waals surface area contributed by atoms with Gasteiger partial charge < -0.3 is 21.0 Å². The molecule has 0 aliphatic carbocycles. The van der Waals surface area contributed by atoms with Gasteiger partial charge in [0.1, 0.15) is 11.2 Å². The molecule has 6 heteroatoms. The molecule has 1 aromatic rings. The third-order valence-electron chi connectivity index (χ3n) is 3.57. The molecule has 0 fully saturated rings. The number of nitrogens with two attached hydrogens (primary N) is 1. The minimum atomic E-state index is -1.02. The highest BCUT2D eigenvalue weighted by molar-refractivity contribution is 6.11. The van der Waals surface area contributed by atoms with Gasteiger partial charge in [-0.3, -0.25) is 4.79 Å². The van der Waals surface area contributed by atoms with Crippen molar-refractivity contribution in [2.24, 2.45) is 16.3 Å². The molecule has 110 valence electrons. The first-order chi connectivity index (χ1) is 9.53. The van der Waals surface area contributed by atoms with Crippen molar-refractivity contribution in [1.82, 2.24) is 0 Å². The third-order valence-corrected chi connectivity index (χ3v) is 3.57. The van der Waals surface area contributed by atoms with Crippen molar-refractivity contribution >= 4 is 17.4 Å². The maximum Gasteiger partial charge on any atom is 0.238 e. The summed E-state index contributed by atoms with van der Waals surface area (Å²) in [7, 11) is 1.56. The second kappa shape index (κ2) is 6.79. The van der Waals surface area contributed by atoms with Gasteiger partial charge >= 0.3 is 0 Å². The predicted octanol–water partition coefficient (Wildman–Crippen LogP) is 2.19. The number of anilines is 1. The number of hydrogen-bond acceptors (Lipinski definition) is 4. The molecule has 0 bridgehead atoms. The molecule has 0 spiro atoms. The molecule has 0 saturated heterocycles. The van der Waals surface area contributed by atoms with Crippen LogP contribution in [0, 0.1) is 5.41 Å². The largest absolute Gasteiger partial charge is 0.497 e. The Bertz CT molecular complexity index is 496. The van der Waals surface area contributed by atoms with Gasteiger partial charge in [0.2, 0.25) is 5.91 Å². The molecule has 1 amide bonds. The summed E-state index contributed by atoms with van der Waals surface area (Å²) in [4.78, 5) is 12.5. The number of oxime groups is 1. The fourth-order valence-electron chi connectivity index (χ4n) is 2.10. The lowest BCUT2D eigenvalue weighted by molar-refractivity contribution is -0.122. The molecule has 0 aromatic heterocycles. The van der Waals surface area contributed by atoms with Crippen LogP contribution in [0.5, 0.6) is 5.75 Å². The van der Waals surface area contributed by atoms with Crippen molar-refractivity contribution in [3.05, 3.63) is 24.3 Å². The Morgan fingerprint density at radius 1 is 1.45 bits per heavy atom. The Kier molecular flexibility index (Phi) is 5.37. The first kappa shape index (κ1) is 15.8. The minimum absolute atomic E-state index is 0.0807. The predicted molar refractivity (Wildman–Crippen MR) is 78.0 cm³/mol. The maximum atomic E-state index is 12.5. The number of nitrogens with zero attached hydrogens (tertiary/aromatic N) is 1. The maximum absolute atomic E-state index is 12.5. The number of carbonyl (C=O) groups excluding carboxylic acids is 1. The molecule has 0 heterocycles. The van der Waals surface area contributed by atoms with E-state index in [0.29, 0.717) is 24.3 Å². The molecular formula is C14H21N3O3. The molecule has 0 radical (unpaired) electrons. The molecular weight excluding hydrogens is 258 g/mol. The van der Waals surface area contributed by atoms with Crippen LogP contribution in [0.1, 0.15) is 26.7 Å². The highest BCUT2D eigenvalue weighted by atomic mass is 16.5. The quantitative estimate of drug-likeness (QED) is 0.322. The number of hydrogen-bond donors (Lipinski definition) is 3. The van der Waals surface area contributed by atoms with Crippen LogP contribution in [0.25, 0.3) is 0 Å². The average Bonchev–Trinajstić information content (AvgIpc) is 2.48. The number of methoxy groups -OCH3 is 1. The molecule has 0 aliphatic heterocycles. The van der Waals surface area contributed by atoms with Crippen molar-refractivity contribution in [3.8, 4) is 5.75 Å². The summed E-state index contributed by atoms with van der Waals surface area (Å²) in [6.45, 7) is 3.65. The molecule has 0 atom stereocenters. The lowest BCUT2D eigenvalue weighted by atomic mass is 9.80. The van der Waals surface area contributed by atoms with E-state index < -0.39 is 5.41 Å². The molecule has 0 saturated carbocycles. The third kappa shape index (κ3) is 3.01. The summed E-state index contributed by atoms with van der Waals surface area (Å²) >= 11 is 0. The van der Waals surface area contributed by atoms with Gasteiger partial charge in [0.25, 0.3) is 0 Å². The number of carbonyl (C=O) groups is 1. The summed E-state index contributed by atoms with van der Waals surface area (Å²) in [6, 6.07) is 7.02. The molecule has 0 aliphatic rings. The highest BCUT2D eigenvalue weighted by Crippen LogP contribution is 2.29. The number of rotatable bonds is 6. The number of amides is 1. The normalized spacial score (nSPS) is 12.1. The standard InChI is InChI=1S/C14H21N3O3/c1-4-14(5-2,12(15)17-19)13(18)16-10-7-6-8-11(9-10)20-3/h6-9,19H,4-5H2,1-3H3,(H2,15,17)(H,16,18). The first-order valence-corrected chi connectivity index (χ1v) is 6.47. The molecule has 1 rings (SSSR count). The van der Waals surface area contributed by atoms with Crippen molar-refractivity contribution in [1.29, 1.82) is 0 Å². The van der Waals surface area contributed by atoms with Crippen LogP contribution in [0.15, 0.2) is 29.4 Å². The van der Waals surface area contributed by atoms with Crippen LogP contribution in [-0.2, 0) is 4.79 Å². The summed E-state index contributed by atoms with van der Waals surface area (Å²) in [5.41, 5.74) is 5.29. The van der Waals surface area contributed by atoms with E-state index in [0.717, 1.165) is 0 Å². The van der Waals surface area contributed by atoms with E-state index in [1.807, 2.05) is 13.8 Å². The van der Waals surface area contributed by atoms with E-state index in [1.165, 1.54) is 0 Å². The topological polar surface area (TPSA) is 96.9 Å². The van der Waals surface area contributed by atoms with Crippen LogP contribution >= 0.6 is 0 Å². The van der Waals surface area contributed by atoms with Crippen LogP contribution in [0.4, 0.5) is 5.69 Å². The van der Waals surface area contributed by atoms with E-state index in [2.05, 4.69) is 10.5 Å². The lowest BCUT2D eigenvalue weighted by Gasteiger charge is -2.28. The highest BCUT2D eigenvalue weighted by Gasteiger charge is 2.39. The van der Waals surface area contributed by atoms with Crippen LogP contribution in [0.2, 0.25) is 0 Å². The van der Waals surface area contributed by atoms with E-state index >= 15 is 0 Å². The van der Waals surface area contributed by atoms with Gasteiger partial charge in [-0.15, -0.1) is 0 Å². The fourth-order valence-corrected chi connectivity index (χ4v) is 2.10. The van der Waals surface area contributed by atoms with Gasteiger partial charge in [0.05, 0.1) is 7.11 Å². The summed E-state index contributed by atoms with van der Waals surface area (Å²) < 4.78 is 5.10. The van der Waals surface area contributed by atoms with Crippen molar-refractivity contribution < 1.29 is 14.7 Å². The van der Waals surface area contributed by atoms with Crippen molar-refractivity contribution in [3.63, 3.8) is 0 Å². The first-order valence-electron chi connectivity index (χ1n) is 6.47. The van der Waals surface area contributed by atoms with Crippen LogP contribution in [-0.4, -0.2) is 24.1 Å². The SMILES string of the molecule is CCC(CC)(C(=O)Nc1cccc(OC)c1)C(N)=NO. The van der Waals surface area contributed by atoms with Gasteiger partial charge in [-0.25, -0.2) is 0 Å². The molecule has 0 unspecified atom stereocenters. The smallest absolute Gasteiger partial charge is 0.238 e. The van der Waals surface area contributed by atoms with E-state index in [4.69, 9.17) is 15.7 Å². The number of ether oxygens (including phenoxy) is 1.